The molecule has 1 fully saturated rings. The van der Waals surface area contributed by atoms with Crippen molar-refractivity contribution in [2.24, 2.45) is 5.73 Å². The summed E-state index contributed by atoms with van der Waals surface area (Å²) in [5.74, 6) is -0.863. The second-order valence-corrected chi connectivity index (χ2v) is 2.87. The predicted molar refractivity (Wildman–Crippen MR) is 44.3 cm³/mol. The van der Waals surface area contributed by atoms with E-state index in [-0.39, 0.29) is 18.6 Å². The lowest BCUT2D eigenvalue weighted by molar-refractivity contribution is -0.139. The maximum atomic E-state index is 11.2. The second-order valence-electron chi connectivity index (χ2n) is 2.87. The standard InChI is InChI=1S/C7H13N3O3/c8-6(11)4-13-10-7(12)5-2-1-3-9-5/h5,9H,1-4H2,(H2,8,11)(H,10,12)/t5-/m1/s1. The lowest BCUT2D eigenvalue weighted by atomic mass is 10.2. The zero-order chi connectivity index (χ0) is 9.68. The molecule has 0 spiro atoms. The molecule has 0 aromatic heterocycles. The van der Waals surface area contributed by atoms with E-state index < -0.39 is 5.91 Å². The topological polar surface area (TPSA) is 93.5 Å². The highest BCUT2D eigenvalue weighted by molar-refractivity contribution is 5.81. The minimum absolute atomic E-state index is 0.201. The molecule has 0 unspecified atom stereocenters. The third kappa shape index (κ3) is 3.39. The zero-order valence-electron chi connectivity index (χ0n) is 7.21. The smallest absolute Gasteiger partial charge is 0.260 e. The molecule has 1 atom stereocenters. The minimum atomic E-state index is -0.611. The quantitative estimate of drug-likeness (QED) is 0.456. The highest BCUT2D eigenvalue weighted by Gasteiger charge is 2.21. The van der Waals surface area contributed by atoms with Gasteiger partial charge in [-0.1, -0.05) is 0 Å². The molecule has 2 amide bonds. The van der Waals surface area contributed by atoms with Crippen LogP contribution in [0.25, 0.3) is 0 Å². The van der Waals surface area contributed by atoms with E-state index in [1.807, 2.05) is 0 Å². The van der Waals surface area contributed by atoms with E-state index in [1.165, 1.54) is 0 Å². The fourth-order valence-electron chi connectivity index (χ4n) is 1.16. The molecule has 1 saturated heterocycles. The Bertz CT molecular complexity index is 201. The number of hydroxylamine groups is 1. The summed E-state index contributed by atoms with van der Waals surface area (Å²) < 4.78 is 0. The molecule has 74 valence electrons. The molecule has 1 rings (SSSR count). The van der Waals surface area contributed by atoms with Crippen LogP contribution in [0.2, 0.25) is 0 Å². The van der Waals surface area contributed by atoms with E-state index in [2.05, 4.69) is 15.6 Å². The Kier molecular flexibility index (Phi) is 3.66. The number of nitrogens with two attached hydrogens (primary N) is 1. The van der Waals surface area contributed by atoms with E-state index >= 15 is 0 Å². The maximum absolute atomic E-state index is 11.2. The van der Waals surface area contributed by atoms with Crippen LogP contribution in [0.1, 0.15) is 12.8 Å². The average molecular weight is 187 g/mol. The van der Waals surface area contributed by atoms with Crippen LogP contribution >= 0.6 is 0 Å². The van der Waals surface area contributed by atoms with Gasteiger partial charge in [-0.15, -0.1) is 0 Å². The van der Waals surface area contributed by atoms with Crippen LogP contribution < -0.4 is 16.5 Å². The summed E-state index contributed by atoms with van der Waals surface area (Å²) in [6.45, 7) is 0.548. The van der Waals surface area contributed by atoms with Crippen molar-refractivity contribution < 1.29 is 14.4 Å². The zero-order valence-corrected chi connectivity index (χ0v) is 7.21. The summed E-state index contributed by atoms with van der Waals surface area (Å²) >= 11 is 0. The summed E-state index contributed by atoms with van der Waals surface area (Å²) in [6, 6.07) is -0.201. The van der Waals surface area contributed by atoms with Gasteiger partial charge in [0.05, 0.1) is 6.04 Å². The third-order valence-corrected chi connectivity index (χ3v) is 1.76. The van der Waals surface area contributed by atoms with Crippen molar-refractivity contribution in [1.29, 1.82) is 0 Å². The van der Waals surface area contributed by atoms with E-state index in [4.69, 9.17) is 5.73 Å². The van der Waals surface area contributed by atoms with E-state index in [0.29, 0.717) is 0 Å². The Hall–Kier alpha value is -1.14. The van der Waals surface area contributed by atoms with Gasteiger partial charge in [-0.25, -0.2) is 5.48 Å². The van der Waals surface area contributed by atoms with E-state index in [0.717, 1.165) is 19.4 Å². The molecule has 1 aliphatic rings. The van der Waals surface area contributed by atoms with Crippen molar-refractivity contribution in [2.75, 3.05) is 13.2 Å². The van der Waals surface area contributed by atoms with Gasteiger partial charge in [0.2, 0.25) is 5.91 Å². The predicted octanol–water partition coefficient (Wildman–Crippen LogP) is -1.73. The van der Waals surface area contributed by atoms with Crippen LogP contribution in [-0.2, 0) is 14.4 Å². The summed E-state index contributed by atoms with van der Waals surface area (Å²) in [4.78, 5) is 26.0. The first-order valence-electron chi connectivity index (χ1n) is 4.13. The molecule has 0 aliphatic carbocycles. The molecular formula is C7H13N3O3. The number of carbonyl (C=O) groups excluding carboxylic acids is 2. The Labute approximate surface area is 75.8 Å². The van der Waals surface area contributed by atoms with Crippen molar-refractivity contribution >= 4 is 11.8 Å². The molecule has 13 heavy (non-hydrogen) atoms. The maximum Gasteiger partial charge on any atom is 0.260 e. The van der Waals surface area contributed by atoms with Crippen LogP contribution in [-0.4, -0.2) is 31.0 Å². The first-order valence-corrected chi connectivity index (χ1v) is 4.13. The summed E-state index contributed by atoms with van der Waals surface area (Å²) in [7, 11) is 0. The molecule has 0 bridgehead atoms. The van der Waals surface area contributed by atoms with E-state index in [9.17, 15) is 9.59 Å². The summed E-state index contributed by atoms with van der Waals surface area (Å²) in [5, 5.41) is 2.99. The SMILES string of the molecule is NC(=O)CONC(=O)[C@H]1CCCN1. The van der Waals surface area contributed by atoms with Gasteiger partial charge in [-0.05, 0) is 19.4 Å². The van der Waals surface area contributed by atoms with Crippen molar-refractivity contribution in [1.82, 2.24) is 10.8 Å². The number of nitrogens with one attached hydrogen (secondary N) is 2. The van der Waals surface area contributed by atoms with Crippen molar-refractivity contribution in [3.05, 3.63) is 0 Å². The van der Waals surface area contributed by atoms with Crippen LogP contribution in [0.15, 0.2) is 0 Å². The van der Waals surface area contributed by atoms with Crippen LogP contribution in [0, 0.1) is 0 Å². The Balaban J connectivity index is 2.13. The molecule has 0 saturated carbocycles. The molecule has 0 aromatic rings. The molecule has 0 radical (unpaired) electrons. The Morgan fingerprint density at radius 3 is 2.92 bits per heavy atom. The number of carbonyl (C=O) groups is 2. The van der Waals surface area contributed by atoms with Gasteiger partial charge < -0.3 is 11.1 Å². The molecule has 1 aliphatic heterocycles. The first-order chi connectivity index (χ1) is 6.20. The number of primary amides is 1. The fraction of sp³-hybridized carbons (Fsp3) is 0.714. The molecule has 0 aromatic carbocycles. The van der Waals surface area contributed by atoms with Gasteiger partial charge in [0.15, 0.2) is 6.61 Å². The lowest BCUT2D eigenvalue weighted by Gasteiger charge is -2.09. The molecule has 6 nitrogen and oxygen atoms in total. The lowest BCUT2D eigenvalue weighted by Crippen LogP contribution is -2.41. The van der Waals surface area contributed by atoms with Crippen molar-refractivity contribution in [2.45, 2.75) is 18.9 Å². The fourth-order valence-corrected chi connectivity index (χ4v) is 1.16. The van der Waals surface area contributed by atoms with Crippen molar-refractivity contribution in [3.63, 3.8) is 0 Å². The summed E-state index contributed by atoms with van der Waals surface area (Å²) in [6.07, 6.45) is 1.78. The second kappa shape index (κ2) is 4.78. The average Bonchev–Trinajstić information content (AvgIpc) is 2.55. The summed E-state index contributed by atoms with van der Waals surface area (Å²) in [5.41, 5.74) is 6.95. The van der Waals surface area contributed by atoms with Gasteiger partial charge in [0, 0.05) is 0 Å². The van der Waals surface area contributed by atoms with Crippen molar-refractivity contribution in [3.8, 4) is 0 Å². The number of amides is 2. The van der Waals surface area contributed by atoms with Gasteiger partial charge in [0.1, 0.15) is 0 Å². The molecule has 6 heteroatoms. The van der Waals surface area contributed by atoms with Gasteiger partial charge in [-0.3, -0.25) is 14.4 Å². The largest absolute Gasteiger partial charge is 0.368 e. The van der Waals surface area contributed by atoms with Crippen LogP contribution in [0.4, 0.5) is 0 Å². The Morgan fingerprint density at radius 1 is 1.62 bits per heavy atom. The van der Waals surface area contributed by atoms with Gasteiger partial charge in [-0.2, -0.15) is 0 Å². The van der Waals surface area contributed by atoms with Crippen LogP contribution in [0.5, 0.6) is 0 Å². The number of rotatable bonds is 4. The normalized spacial score (nSPS) is 21.4. The monoisotopic (exact) mass is 187 g/mol. The molecule has 4 N–H and O–H groups in total. The minimum Gasteiger partial charge on any atom is -0.368 e. The number of hydrogen-bond donors (Lipinski definition) is 3. The molecule has 1 heterocycles. The molecular weight excluding hydrogens is 174 g/mol. The highest BCUT2D eigenvalue weighted by atomic mass is 16.7. The third-order valence-electron chi connectivity index (χ3n) is 1.76. The first kappa shape index (κ1) is 9.94. The number of hydrogen-bond acceptors (Lipinski definition) is 4. The van der Waals surface area contributed by atoms with Gasteiger partial charge >= 0.3 is 0 Å². The Morgan fingerprint density at radius 2 is 2.38 bits per heavy atom. The van der Waals surface area contributed by atoms with E-state index in [1.54, 1.807) is 0 Å². The van der Waals surface area contributed by atoms with Crippen LogP contribution in [0.3, 0.4) is 0 Å². The highest BCUT2D eigenvalue weighted by Crippen LogP contribution is 2.03. The van der Waals surface area contributed by atoms with Gasteiger partial charge in [0.25, 0.3) is 5.91 Å².